The summed E-state index contributed by atoms with van der Waals surface area (Å²) in [4.78, 5) is 12.1. The van der Waals surface area contributed by atoms with Gasteiger partial charge in [-0.25, -0.2) is 0 Å². The van der Waals surface area contributed by atoms with E-state index in [0.717, 1.165) is 5.56 Å². The van der Waals surface area contributed by atoms with E-state index in [-0.39, 0.29) is 5.69 Å². The number of ether oxygens (including phenoxy) is 1. The third kappa shape index (κ3) is 2.92. The highest BCUT2D eigenvalue weighted by Gasteiger charge is 2.11. The minimum absolute atomic E-state index is 0.0503. The van der Waals surface area contributed by atoms with Crippen molar-refractivity contribution in [1.29, 1.82) is 0 Å². The molecule has 0 heterocycles. The molecule has 0 atom stereocenters. The number of rotatable bonds is 4. The zero-order valence-electron chi connectivity index (χ0n) is 9.06. The molecular formula is C10H14N2O3. The van der Waals surface area contributed by atoms with Crippen LogP contribution in [0.1, 0.15) is 5.56 Å². The second-order valence-electron chi connectivity index (χ2n) is 3.49. The Labute approximate surface area is 88.4 Å². The third-order valence-corrected chi connectivity index (χ3v) is 1.97. The van der Waals surface area contributed by atoms with Crippen molar-refractivity contribution in [2.24, 2.45) is 0 Å². The van der Waals surface area contributed by atoms with E-state index < -0.39 is 4.92 Å². The van der Waals surface area contributed by atoms with E-state index in [1.807, 2.05) is 19.0 Å². The number of nitrogens with zero attached hydrogens (tertiary/aromatic N) is 2. The normalized spacial score (nSPS) is 10.4. The van der Waals surface area contributed by atoms with Crippen LogP contribution in [-0.4, -0.2) is 31.0 Å². The van der Waals surface area contributed by atoms with Gasteiger partial charge in [-0.1, -0.05) is 0 Å². The molecule has 0 aliphatic carbocycles. The van der Waals surface area contributed by atoms with E-state index in [9.17, 15) is 10.1 Å². The van der Waals surface area contributed by atoms with E-state index >= 15 is 0 Å². The van der Waals surface area contributed by atoms with E-state index in [1.165, 1.54) is 19.2 Å². The lowest BCUT2D eigenvalue weighted by Crippen LogP contribution is -2.11. The average molecular weight is 210 g/mol. The summed E-state index contributed by atoms with van der Waals surface area (Å²) in [5.41, 5.74) is 0.988. The predicted molar refractivity (Wildman–Crippen MR) is 57.0 cm³/mol. The standard InChI is InChI=1S/C10H14N2O3/c1-11(2)7-8-4-5-9(12(13)14)6-10(8)15-3/h4-6H,7H2,1-3H3. The van der Waals surface area contributed by atoms with Crippen molar-refractivity contribution in [2.45, 2.75) is 6.54 Å². The lowest BCUT2D eigenvalue weighted by Gasteiger charge is -2.12. The molecule has 0 aliphatic heterocycles. The molecule has 0 radical (unpaired) electrons. The van der Waals surface area contributed by atoms with E-state index in [4.69, 9.17) is 4.74 Å². The monoisotopic (exact) mass is 210 g/mol. The largest absolute Gasteiger partial charge is 0.496 e. The van der Waals surface area contributed by atoms with Gasteiger partial charge in [-0.05, 0) is 20.2 Å². The number of benzene rings is 1. The highest BCUT2D eigenvalue weighted by atomic mass is 16.6. The molecule has 1 rings (SSSR count). The zero-order valence-corrected chi connectivity index (χ0v) is 9.06. The van der Waals surface area contributed by atoms with Crippen LogP contribution in [-0.2, 0) is 6.54 Å². The maximum Gasteiger partial charge on any atom is 0.273 e. The fraction of sp³-hybridized carbons (Fsp3) is 0.400. The first-order chi connectivity index (χ1) is 7.04. The van der Waals surface area contributed by atoms with Crippen LogP contribution >= 0.6 is 0 Å². The maximum atomic E-state index is 10.5. The van der Waals surface area contributed by atoms with Crippen LogP contribution < -0.4 is 4.74 Å². The summed E-state index contributed by atoms with van der Waals surface area (Å²) in [5.74, 6) is 0.554. The van der Waals surface area contributed by atoms with Crippen molar-refractivity contribution in [3.63, 3.8) is 0 Å². The van der Waals surface area contributed by atoms with Crippen LogP contribution in [0.25, 0.3) is 0 Å². The predicted octanol–water partition coefficient (Wildman–Crippen LogP) is 1.67. The Balaban J connectivity index is 3.03. The van der Waals surface area contributed by atoms with E-state index in [2.05, 4.69) is 0 Å². The maximum absolute atomic E-state index is 10.5. The fourth-order valence-electron chi connectivity index (χ4n) is 1.32. The van der Waals surface area contributed by atoms with Gasteiger partial charge >= 0.3 is 0 Å². The van der Waals surface area contributed by atoms with Gasteiger partial charge in [0.2, 0.25) is 0 Å². The number of non-ortho nitro benzene ring substituents is 1. The minimum Gasteiger partial charge on any atom is -0.496 e. The molecule has 0 fully saturated rings. The van der Waals surface area contributed by atoms with Crippen LogP contribution in [0.5, 0.6) is 5.75 Å². The highest BCUT2D eigenvalue weighted by molar-refractivity contribution is 5.44. The van der Waals surface area contributed by atoms with Crippen molar-refractivity contribution in [2.75, 3.05) is 21.2 Å². The van der Waals surface area contributed by atoms with Gasteiger partial charge < -0.3 is 9.64 Å². The molecule has 0 saturated heterocycles. The van der Waals surface area contributed by atoms with Gasteiger partial charge in [0.25, 0.3) is 5.69 Å². The van der Waals surface area contributed by atoms with Gasteiger partial charge in [-0.3, -0.25) is 10.1 Å². The highest BCUT2D eigenvalue weighted by Crippen LogP contribution is 2.25. The average Bonchev–Trinajstić information content (AvgIpc) is 2.17. The second-order valence-corrected chi connectivity index (χ2v) is 3.49. The molecule has 5 heteroatoms. The Morgan fingerprint density at radius 1 is 1.47 bits per heavy atom. The van der Waals surface area contributed by atoms with Crippen LogP contribution in [0.3, 0.4) is 0 Å². The van der Waals surface area contributed by atoms with E-state index in [0.29, 0.717) is 12.3 Å². The quantitative estimate of drug-likeness (QED) is 0.560. The Hall–Kier alpha value is -1.62. The number of hydrogen-bond acceptors (Lipinski definition) is 4. The minimum atomic E-state index is -0.429. The summed E-state index contributed by atoms with van der Waals surface area (Å²) in [7, 11) is 5.37. The molecule has 82 valence electrons. The molecule has 5 nitrogen and oxygen atoms in total. The van der Waals surface area contributed by atoms with Gasteiger partial charge in [-0.15, -0.1) is 0 Å². The summed E-state index contributed by atoms with van der Waals surface area (Å²) in [6.07, 6.45) is 0. The lowest BCUT2D eigenvalue weighted by molar-refractivity contribution is -0.384. The third-order valence-electron chi connectivity index (χ3n) is 1.97. The van der Waals surface area contributed by atoms with Gasteiger partial charge in [0.1, 0.15) is 5.75 Å². The molecule has 0 amide bonds. The molecule has 0 aliphatic rings. The van der Waals surface area contributed by atoms with Crippen LogP contribution in [0.4, 0.5) is 5.69 Å². The first-order valence-corrected chi connectivity index (χ1v) is 4.50. The van der Waals surface area contributed by atoms with Crippen LogP contribution in [0.2, 0.25) is 0 Å². The number of hydrogen-bond donors (Lipinski definition) is 0. The molecule has 1 aromatic carbocycles. The van der Waals surface area contributed by atoms with Crippen LogP contribution in [0, 0.1) is 10.1 Å². The van der Waals surface area contributed by atoms with Gasteiger partial charge in [0.15, 0.2) is 0 Å². The Morgan fingerprint density at radius 3 is 2.60 bits per heavy atom. The molecule has 0 saturated carbocycles. The Kier molecular flexibility index (Phi) is 3.62. The first-order valence-electron chi connectivity index (χ1n) is 4.50. The van der Waals surface area contributed by atoms with Gasteiger partial charge in [0.05, 0.1) is 18.1 Å². The Morgan fingerprint density at radius 2 is 2.13 bits per heavy atom. The van der Waals surface area contributed by atoms with Crippen molar-refractivity contribution in [3.8, 4) is 5.75 Å². The molecule has 0 spiro atoms. The molecule has 0 aromatic heterocycles. The summed E-state index contributed by atoms with van der Waals surface area (Å²) < 4.78 is 5.11. The molecule has 0 N–H and O–H groups in total. The number of methoxy groups -OCH3 is 1. The fourth-order valence-corrected chi connectivity index (χ4v) is 1.32. The molecule has 1 aromatic rings. The van der Waals surface area contributed by atoms with Crippen LogP contribution in [0.15, 0.2) is 18.2 Å². The van der Waals surface area contributed by atoms with Gasteiger partial charge in [-0.2, -0.15) is 0 Å². The smallest absolute Gasteiger partial charge is 0.273 e. The Bertz CT molecular complexity index is 364. The number of nitro groups is 1. The zero-order chi connectivity index (χ0) is 11.4. The molecule has 15 heavy (non-hydrogen) atoms. The molecular weight excluding hydrogens is 196 g/mol. The first kappa shape index (κ1) is 11.5. The summed E-state index contributed by atoms with van der Waals surface area (Å²) >= 11 is 0. The molecule has 0 bridgehead atoms. The van der Waals surface area contributed by atoms with Crippen molar-refractivity contribution in [3.05, 3.63) is 33.9 Å². The van der Waals surface area contributed by atoms with Crippen molar-refractivity contribution < 1.29 is 9.66 Å². The second kappa shape index (κ2) is 4.75. The molecule has 0 unspecified atom stereocenters. The topological polar surface area (TPSA) is 55.6 Å². The lowest BCUT2D eigenvalue weighted by atomic mass is 10.1. The summed E-state index contributed by atoms with van der Waals surface area (Å²) in [5, 5.41) is 10.5. The van der Waals surface area contributed by atoms with Crippen molar-refractivity contribution in [1.82, 2.24) is 4.90 Å². The SMILES string of the molecule is COc1cc([N+](=O)[O-])ccc1CN(C)C. The number of nitro benzene ring substituents is 1. The van der Waals surface area contributed by atoms with E-state index in [1.54, 1.807) is 6.07 Å². The van der Waals surface area contributed by atoms with Gasteiger partial charge in [0, 0.05) is 18.2 Å². The summed E-state index contributed by atoms with van der Waals surface area (Å²) in [6, 6.07) is 4.65. The summed E-state index contributed by atoms with van der Waals surface area (Å²) in [6.45, 7) is 0.696. The van der Waals surface area contributed by atoms with Crippen molar-refractivity contribution >= 4 is 5.69 Å².